The third-order valence-electron chi connectivity index (χ3n) is 4.41. The quantitative estimate of drug-likeness (QED) is 0.699. The fourth-order valence-electron chi connectivity index (χ4n) is 3.02. The highest BCUT2D eigenvalue weighted by Gasteiger charge is 2.34. The summed E-state index contributed by atoms with van der Waals surface area (Å²) in [5, 5.41) is 0. The first-order valence-electron chi connectivity index (χ1n) is 7.79. The molecule has 0 heterocycles. The van der Waals surface area contributed by atoms with Crippen molar-refractivity contribution in [2.45, 2.75) is 51.0 Å². The largest absolute Gasteiger partial charge is 0.338 e. The number of likely N-dealkylation sites (N-methyl/N-ethyl adjacent to an activating group) is 1. The Morgan fingerprint density at radius 2 is 1.80 bits per heavy atom. The maximum Gasteiger partial charge on any atom is 0.246 e. The highest BCUT2D eigenvalue weighted by molar-refractivity contribution is 5.90. The highest BCUT2D eigenvalue weighted by atomic mass is 16.2. The van der Waals surface area contributed by atoms with Crippen LogP contribution >= 0.6 is 0 Å². The Labute approximate surface area is 121 Å². The molecule has 2 aliphatic rings. The molecule has 112 valence electrons. The Balaban J connectivity index is 1.88. The van der Waals surface area contributed by atoms with Gasteiger partial charge in [-0.05, 0) is 37.7 Å². The Kier molecular flexibility index (Phi) is 5.21. The zero-order valence-corrected chi connectivity index (χ0v) is 12.5. The van der Waals surface area contributed by atoms with Crippen molar-refractivity contribution in [2.75, 3.05) is 20.1 Å². The van der Waals surface area contributed by atoms with Crippen LogP contribution in [0.25, 0.3) is 0 Å². The average molecular weight is 278 g/mol. The van der Waals surface area contributed by atoms with Crippen molar-refractivity contribution in [3.8, 4) is 0 Å². The maximum absolute atomic E-state index is 12.4. The number of carbonyl (C=O) groups is 2. The lowest BCUT2D eigenvalue weighted by molar-refractivity contribution is -0.138. The van der Waals surface area contributed by atoms with Crippen molar-refractivity contribution in [2.24, 2.45) is 5.92 Å². The molecule has 0 spiro atoms. The van der Waals surface area contributed by atoms with Crippen molar-refractivity contribution in [3.05, 3.63) is 12.7 Å². The summed E-state index contributed by atoms with van der Waals surface area (Å²) in [5.74, 6) is 0.566. The molecule has 0 aromatic carbocycles. The van der Waals surface area contributed by atoms with Gasteiger partial charge in [0.15, 0.2) is 0 Å². The molecule has 0 unspecified atom stereocenters. The van der Waals surface area contributed by atoms with Gasteiger partial charge in [-0.2, -0.15) is 0 Å². The van der Waals surface area contributed by atoms with Gasteiger partial charge in [0.2, 0.25) is 11.8 Å². The Morgan fingerprint density at radius 1 is 1.15 bits per heavy atom. The smallest absolute Gasteiger partial charge is 0.246 e. The van der Waals surface area contributed by atoms with Crippen LogP contribution in [0.2, 0.25) is 0 Å². The maximum atomic E-state index is 12.4. The Morgan fingerprint density at radius 3 is 2.35 bits per heavy atom. The first kappa shape index (κ1) is 15.1. The predicted octanol–water partition coefficient (Wildman–Crippen LogP) is 2.20. The zero-order valence-electron chi connectivity index (χ0n) is 12.5. The van der Waals surface area contributed by atoms with Gasteiger partial charge in [-0.15, -0.1) is 0 Å². The van der Waals surface area contributed by atoms with Crippen molar-refractivity contribution < 1.29 is 9.59 Å². The van der Waals surface area contributed by atoms with Crippen LogP contribution < -0.4 is 0 Å². The van der Waals surface area contributed by atoms with E-state index in [2.05, 4.69) is 6.58 Å². The summed E-state index contributed by atoms with van der Waals surface area (Å²) in [6.45, 7) is 4.52. The second-order valence-electron chi connectivity index (χ2n) is 6.18. The van der Waals surface area contributed by atoms with Gasteiger partial charge in [-0.3, -0.25) is 9.59 Å². The summed E-state index contributed by atoms with van der Waals surface area (Å²) in [7, 11) is 1.66. The lowest BCUT2D eigenvalue weighted by Gasteiger charge is -2.31. The second kappa shape index (κ2) is 6.91. The molecule has 0 aliphatic heterocycles. The van der Waals surface area contributed by atoms with Gasteiger partial charge in [0.05, 0.1) is 6.54 Å². The van der Waals surface area contributed by atoms with Gasteiger partial charge in [-0.25, -0.2) is 0 Å². The number of nitrogens with zero attached hydrogens (tertiary/aromatic N) is 2. The molecule has 2 aliphatic carbocycles. The minimum absolute atomic E-state index is 0.0933. The fraction of sp³-hybridized carbons (Fsp3) is 0.750. The molecule has 2 saturated carbocycles. The van der Waals surface area contributed by atoms with E-state index in [4.69, 9.17) is 0 Å². The van der Waals surface area contributed by atoms with Crippen LogP contribution in [0.1, 0.15) is 44.9 Å². The van der Waals surface area contributed by atoms with Gasteiger partial charge in [0.1, 0.15) is 0 Å². The normalized spacial score (nSPS) is 19.4. The van der Waals surface area contributed by atoms with Crippen LogP contribution in [0.5, 0.6) is 0 Å². The molecule has 0 aromatic rings. The number of hydrogen-bond acceptors (Lipinski definition) is 2. The summed E-state index contributed by atoms with van der Waals surface area (Å²) in [4.78, 5) is 27.4. The van der Waals surface area contributed by atoms with Crippen LogP contribution in [0, 0.1) is 5.92 Å². The molecular weight excluding hydrogens is 252 g/mol. The third-order valence-corrected chi connectivity index (χ3v) is 4.41. The average Bonchev–Trinajstić information content (AvgIpc) is 3.29. The summed E-state index contributed by atoms with van der Waals surface area (Å²) in [6.07, 6.45) is 9.93. The Hall–Kier alpha value is -1.32. The van der Waals surface area contributed by atoms with E-state index in [1.807, 2.05) is 4.90 Å². The van der Waals surface area contributed by atoms with E-state index >= 15 is 0 Å². The number of rotatable bonds is 6. The summed E-state index contributed by atoms with van der Waals surface area (Å²) in [6, 6.07) is 0.427. The summed E-state index contributed by atoms with van der Waals surface area (Å²) >= 11 is 0. The SMILES string of the molecule is C=CC(=O)N(C)CC(=O)N(CC1CCCCC1)C1CC1. The van der Waals surface area contributed by atoms with Gasteiger partial charge in [-0.1, -0.05) is 25.8 Å². The van der Waals surface area contributed by atoms with Crippen LogP contribution in [0.15, 0.2) is 12.7 Å². The molecule has 0 saturated heterocycles. The van der Waals surface area contributed by atoms with Crippen LogP contribution in [0.4, 0.5) is 0 Å². The van der Waals surface area contributed by atoms with Crippen molar-refractivity contribution in [3.63, 3.8) is 0 Å². The van der Waals surface area contributed by atoms with Crippen LogP contribution in [0.3, 0.4) is 0 Å². The summed E-state index contributed by atoms with van der Waals surface area (Å²) < 4.78 is 0. The fourth-order valence-corrected chi connectivity index (χ4v) is 3.02. The molecule has 4 nitrogen and oxygen atoms in total. The highest BCUT2D eigenvalue weighted by Crippen LogP contribution is 2.31. The predicted molar refractivity (Wildman–Crippen MR) is 79.1 cm³/mol. The molecule has 4 heteroatoms. The van der Waals surface area contributed by atoms with Gasteiger partial charge >= 0.3 is 0 Å². The lowest BCUT2D eigenvalue weighted by Crippen LogP contribution is -2.44. The minimum Gasteiger partial charge on any atom is -0.338 e. The molecule has 20 heavy (non-hydrogen) atoms. The number of hydrogen-bond donors (Lipinski definition) is 0. The molecule has 2 fully saturated rings. The molecule has 0 bridgehead atoms. The second-order valence-corrected chi connectivity index (χ2v) is 6.18. The van der Waals surface area contributed by atoms with Gasteiger partial charge in [0.25, 0.3) is 0 Å². The van der Waals surface area contributed by atoms with E-state index in [0.717, 1.165) is 19.4 Å². The number of amides is 2. The molecule has 2 amide bonds. The summed E-state index contributed by atoms with van der Waals surface area (Å²) in [5.41, 5.74) is 0. The van der Waals surface area contributed by atoms with Crippen LogP contribution in [-0.4, -0.2) is 47.8 Å². The third kappa shape index (κ3) is 4.09. The standard InChI is InChI=1S/C16H26N2O2/c1-3-15(19)17(2)12-16(20)18(14-9-10-14)11-13-7-5-4-6-8-13/h3,13-14H,1,4-12H2,2H3. The number of carbonyl (C=O) groups excluding carboxylic acids is 2. The molecule has 0 N–H and O–H groups in total. The molecule has 0 atom stereocenters. The monoisotopic (exact) mass is 278 g/mol. The Bertz CT molecular complexity index is 371. The van der Waals surface area contributed by atoms with Crippen molar-refractivity contribution in [1.29, 1.82) is 0 Å². The molecule has 2 rings (SSSR count). The van der Waals surface area contributed by atoms with E-state index in [1.165, 1.54) is 43.1 Å². The lowest BCUT2D eigenvalue weighted by atomic mass is 9.89. The van der Waals surface area contributed by atoms with E-state index in [9.17, 15) is 9.59 Å². The van der Waals surface area contributed by atoms with E-state index in [-0.39, 0.29) is 18.4 Å². The minimum atomic E-state index is -0.188. The van der Waals surface area contributed by atoms with E-state index in [1.54, 1.807) is 7.05 Å². The first-order valence-corrected chi connectivity index (χ1v) is 7.79. The van der Waals surface area contributed by atoms with Gasteiger partial charge < -0.3 is 9.80 Å². The van der Waals surface area contributed by atoms with Crippen molar-refractivity contribution in [1.82, 2.24) is 9.80 Å². The van der Waals surface area contributed by atoms with E-state index < -0.39 is 0 Å². The first-order chi connectivity index (χ1) is 9.61. The van der Waals surface area contributed by atoms with Crippen molar-refractivity contribution >= 4 is 11.8 Å². The molecule has 0 aromatic heterocycles. The molecular formula is C16H26N2O2. The molecule has 0 radical (unpaired) electrons. The zero-order chi connectivity index (χ0) is 14.5. The van der Waals surface area contributed by atoms with Crippen LogP contribution in [-0.2, 0) is 9.59 Å². The van der Waals surface area contributed by atoms with Gasteiger partial charge in [0, 0.05) is 19.6 Å². The topological polar surface area (TPSA) is 40.6 Å². The van der Waals surface area contributed by atoms with E-state index in [0.29, 0.717) is 12.0 Å².